The Hall–Kier alpha value is -2.99. The Kier molecular flexibility index (Phi) is 6.57. The molecule has 1 aliphatic heterocycles. The molecular formula is C27H30F4N4O3S. The molecule has 7 nitrogen and oxygen atoms in total. The van der Waals surface area contributed by atoms with E-state index in [1.54, 1.807) is 44.2 Å². The molecule has 0 aromatic heterocycles. The quantitative estimate of drug-likeness (QED) is 0.446. The van der Waals surface area contributed by atoms with Crippen molar-refractivity contribution in [2.24, 2.45) is 10.4 Å². The first-order chi connectivity index (χ1) is 18.2. The normalized spacial score (nSPS) is 27.3. The van der Waals surface area contributed by atoms with Crippen LogP contribution < -0.4 is 10.6 Å². The van der Waals surface area contributed by atoms with E-state index in [0.717, 1.165) is 0 Å². The number of amidine groups is 1. The van der Waals surface area contributed by atoms with Crippen molar-refractivity contribution in [2.45, 2.75) is 74.3 Å². The van der Waals surface area contributed by atoms with E-state index in [1.165, 1.54) is 28.6 Å². The summed E-state index contributed by atoms with van der Waals surface area (Å²) in [6, 6.07) is 13.0. The third-order valence-electron chi connectivity index (χ3n) is 7.92. The van der Waals surface area contributed by atoms with Crippen LogP contribution in [0.2, 0.25) is 0 Å². The Morgan fingerprint density at radius 3 is 2.38 bits per heavy atom. The van der Waals surface area contributed by atoms with Gasteiger partial charge in [-0.3, -0.25) is 9.79 Å². The lowest BCUT2D eigenvalue weighted by Crippen LogP contribution is -2.78. The highest BCUT2D eigenvalue weighted by Crippen LogP contribution is 2.71. The van der Waals surface area contributed by atoms with Crippen molar-refractivity contribution in [2.75, 3.05) is 6.54 Å². The summed E-state index contributed by atoms with van der Waals surface area (Å²) in [5, 5.41) is 5.61. The van der Waals surface area contributed by atoms with Crippen LogP contribution in [0.1, 0.15) is 45.1 Å². The Balaban J connectivity index is 1.36. The number of halogens is 4. The predicted molar refractivity (Wildman–Crippen MR) is 137 cm³/mol. The maximum absolute atomic E-state index is 13.9. The maximum Gasteiger partial charge on any atom is 0.390 e. The molecule has 3 saturated carbocycles. The molecule has 0 spiro atoms. The smallest absolute Gasteiger partial charge is 0.366 e. The highest BCUT2D eigenvalue weighted by Gasteiger charge is 2.75. The largest absolute Gasteiger partial charge is 0.390 e. The fraction of sp³-hybridized carbons (Fsp3) is 0.481. The van der Waals surface area contributed by atoms with Crippen LogP contribution in [0, 0.1) is 11.2 Å². The number of benzene rings is 2. The Labute approximate surface area is 224 Å². The first-order valence-electron chi connectivity index (χ1n) is 12.7. The molecule has 1 amide bonds. The average molecular weight is 567 g/mol. The van der Waals surface area contributed by atoms with Crippen molar-refractivity contribution in [3.63, 3.8) is 0 Å². The monoisotopic (exact) mass is 566 g/mol. The number of hydrogen-bond donors (Lipinski definition) is 2. The number of hydrogen-bond acceptors (Lipinski definition) is 5. The number of nitrogens with one attached hydrogen (secondary N) is 2. The summed E-state index contributed by atoms with van der Waals surface area (Å²) in [7, 11) is -3.92. The summed E-state index contributed by atoms with van der Waals surface area (Å²) in [6.07, 6.45) is -4.11. The molecule has 2 N–H and O–H groups in total. The van der Waals surface area contributed by atoms with Crippen molar-refractivity contribution in [1.29, 1.82) is 0 Å². The van der Waals surface area contributed by atoms with Crippen LogP contribution in [0.15, 0.2) is 64.5 Å². The summed E-state index contributed by atoms with van der Waals surface area (Å²) in [6.45, 7) is 2.99. The van der Waals surface area contributed by atoms with Gasteiger partial charge < -0.3 is 10.6 Å². The molecule has 0 unspecified atom stereocenters. The Morgan fingerprint density at radius 2 is 1.77 bits per heavy atom. The molecule has 2 aromatic carbocycles. The van der Waals surface area contributed by atoms with E-state index in [0.29, 0.717) is 30.7 Å². The van der Waals surface area contributed by atoms with E-state index in [2.05, 4.69) is 15.6 Å². The summed E-state index contributed by atoms with van der Waals surface area (Å²) < 4.78 is 80.5. The van der Waals surface area contributed by atoms with Gasteiger partial charge >= 0.3 is 6.18 Å². The van der Waals surface area contributed by atoms with Gasteiger partial charge in [-0.2, -0.15) is 17.5 Å². The molecule has 0 saturated heterocycles. The van der Waals surface area contributed by atoms with Gasteiger partial charge in [0.1, 0.15) is 11.7 Å². The minimum atomic E-state index is -4.37. The van der Waals surface area contributed by atoms with Gasteiger partial charge in [0.05, 0.1) is 16.9 Å². The number of sulfonamides is 1. The second kappa shape index (κ2) is 9.29. The molecule has 4 aliphatic rings. The standard InChI is InChI=1S/C27H30F4N4O3S/c1-24(2)21(22(36)32-12-11-27(29,30)31)33-23(34-24)25-15-26(16-25,17-25)35(14-18-7-6-8-19(28)13-18)39(37,38)20-9-4-3-5-10-20/h3-10,13,21H,11-12,14-17H2,1-2H3,(H,32,36)(H,33,34)/t21-,25?,26?/m0/s1. The second-order valence-electron chi connectivity index (χ2n) is 11.4. The van der Waals surface area contributed by atoms with E-state index in [1.807, 2.05) is 0 Å². The lowest BCUT2D eigenvalue weighted by molar-refractivity contribution is -0.151. The van der Waals surface area contributed by atoms with Crippen LogP contribution in [-0.4, -0.2) is 54.3 Å². The van der Waals surface area contributed by atoms with Crippen molar-refractivity contribution in [3.05, 3.63) is 66.0 Å². The van der Waals surface area contributed by atoms with Crippen molar-refractivity contribution >= 4 is 21.8 Å². The molecule has 2 aromatic rings. The molecule has 1 atom stereocenters. The Morgan fingerprint density at radius 1 is 1.10 bits per heavy atom. The lowest BCUT2D eigenvalue weighted by atomic mass is 9.38. The maximum atomic E-state index is 13.9. The molecule has 3 fully saturated rings. The molecule has 12 heteroatoms. The third-order valence-corrected chi connectivity index (χ3v) is 9.88. The average Bonchev–Trinajstić information content (AvgIpc) is 3.11. The second-order valence-corrected chi connectivity index (χ2v) is 13.2. The molecule has 39 heavy (non-hydrogen) atoms. The van der Waals surface area contributed by atoms with Gasteiger partial charge in [-0.25, -0.2) is 12.8 Å². The van der Waals surface area contributed by atoms with E-state index in [9.17, 15) is 30.8 Å². The summed E-state index contributed by atoms with van der Waals surface area (Å²) in [4.78, 5) is 17.4. The number of rotatable bonds is 9. The summed E-state index contributed by atoms with van der Waals surface area (Å²) >= 11 is 0. The molecular weight excluding hydrogens is 536 g/mol. The zero-order valence-electron chi connectivity index (χ0n) is 21.6. The number of carbonyl (C=O) groups is 1. The molecule has 6 rings (SSSR count). The predicted octanol–water partition coefficient (Wildman–Crippen LogP) is 4.16. The topological polar surface area (TPSA) is 90.9 Å². The first kappa shape index (κ1) is 27.6. The minimum Gasteiger partial charge on any atom is -0.366 e. The summed E-state index contributed by atoms with van der Waals surface area (Å²) in [5.41, 5.74) is -1.44. The van der Waals surface area contributed by atoms with Crippen LogP contribution in [0.25, 0.3) is 0 Å². The zero-order valence-corrected chi connectivity index (χ0v) is 22.4. The number of nitrogens with zero attached hydrogens (tertiary/aromatic N) is 2. The number of carbonyl (C=O) groups excluding carboxylic acids is 1. The molecule has 1 heterocycles. The van der Waals surface area contributed by atoms with Crippen molar-refractivity contribution in [1.82, 2.24) is 14.9 Å². The van der Waals surface area contributed by atoms with E-state index in [-0.39, 0.29) is 11.4 Å². The SMILES string of the molecule is CC1(C)NC(C23CC(N(Cc4cccc(F)c4)S(=O)(=O)c4ccccc4)(C2)C3)=N[C@H]1C(=O)NCCC(F)(F)F. The van der Waals surface area contributed by atoms with Gasteiger partial charge in [-0.05, 0) is 62.9 Å². The first-order valence-corrected chi connectivity index (χ1v) is 14.1. The molecule has 3 aliphatic carbocycles. The van der Waals surface area contributed by atoms with Gasteiger partial charge in [0.15, 0.2) is 6.04 Å². The van der Waals surface area contributed by atoms with Crippen LogP contribution >= 0.6 is 0 Å². The highest BCUT2D eigenvalue weighted by atomic mass is 32.2. The van der Waals surface area contributed by atoms with E-state index < -0.39 is 63.4 Å². The minimum absolute atomic E-state index is 0.000696. The van der Waals surface area contributed by atoms with Crippen molar-refractivity contribution < 1.29 is 30.8 Å². The molecule has 2 bridgehead atoms. The van der Waals surface area contributed by atoms with Crippen LogP contribution in [0.3, 0.4) is 0 Å². The van der Waals surface area contributed by atoms with Gasteiger partial charge in [0.2, 0.25) is 15.9 Å². The van der Waals surface area contributed by atoms with Gasteiger partial charge in [0, 0.05) is 24.0 Å². The lowest BCUT2D eigenvalue weighted by Gasteiger charge is -2.73. The van der Waals surface area contributed by atoms with Crippen LogP contribution in [0.4, 0.5) is 17.6 Å². The number of amides is 1. The number of aliphatic imine (C=N–C) groups is 1. The van der Waals surface area contributed by atoms with E-state index in [4.69, 9.17) is 0 Å². The van der Waals surface area contributed by atoms with Crippen LogP contribution in [-0.2, 0) is 21.4 Å². The van der Waals surface area contributed by atoms with Crippen molar-refractivity contribution in [3.8, 4) is 0 Å². The van der Waals surface area contributed by atoms with E-state index >= 15 is 0 Å². The van der Waals surface area contributed by atoms with Gasteiger partial charge in [-0.15, -0.1) is 0 Å². The summed E-state index contributed by atoms with van der Waals surface area (Å²) in [5.74, 6) is -0.467. The highest BCUT2D eigenvalue weighted by molar-refractivity contribution is 7.89. The molecule has 210 valence electrons. The number of alkyl halides is 3. The zero-order chi connectivity index (χ0) is 28.3. The van der Waals surface area contributed by atoms with Gasteiger partial charge in [-0.1, -0.05) is 30.3 Å². The fourth-order valence-electron chi connectivity index (χ4n) is 6.05. The molecule has 0 radical (unpaired) electrons. The van der Waals surface area contributed by atoms with Gasteiger partial charge in [0.25, 0.3) is 0 Å². The Bertz CT molecular complexity index is 1390. The third kappa shape index (κ3) is 5.04. The van der Waals surface area contributed by atoms with Crippen LogP contribution in [0.5, 0.6) is 0 Å². The fourth-order valence-corrected chi connectivity index (χ4v) is 7.83.